The van der Waals surface area contributed by atoms with Crippen LogP contribution in [0.25, 0.3) is 10.8 Å². The summed E-state index contributed by atoms with van der Waals surface area (Å²) in [6.07, 6.45) is 18.1. The zero-order valence-electron chi connectivity index (χ0n) is 79.9. The summed E-state index contributed by atoms with van der Waals surface area (Å²) in [5.41, 5.74) is 6.01. The smallest absolute Gasteiger partial charge is 0.295 e. The molecule has 1 unspecified atom stereocenters. The van der Waals surface area contributed by atoms with Gasteiger partial charge in [0.05, 0.1) is 321 Å². The Morgan fingerprint density at radius 3 is 1.15 bits per heavy atom. The van der Waals surface area contributed by atoms with Gasteiger partial charge in [0.15, 0.2) is 5.71 Å². The lowest BCUT2D eigenvalue weighted by atomic mass is 9.75. The fourth-order valence-corrected chi connectivity index (χ4v) is 15.6. The van der Waals surface area contributed by atoms with E-state index in [4.69, 9.17) is 114 Å². The summed E-state index contributed by atoms with van der Waals surface area (Å²) in [7, 11) is -8.18. The number of carbonyl (C=O) groups is 2. The molecule has 0 saturated heterocycles. The molecule has 756 valence electrons. The number of methoxy groups -OCH3 is 1. The van der Waals surface area contributed by atoms with Gasteiger partial charge >= 0.3 is 0 Å². The average molecular weight is 1920 g/mol. The van der Waals surface area contributed by atoms with Crippen molar-refractivity contribution in [3.8, 4) is 0 Å². The number of hydrogen-bond donors (Lipinski definition) is 3. The molecule has 35 nitrogen and oxygen atoms in total. The summed E-state index contributed by atoms with van der Waals surface area (Å²) in [4.78, 5) is 25.7. The van der Waals surface area contributed by atoms with E-state index in [-0.39, 0.29) is 22.5 Å². The third-order valence-corrected chi connectivity index (χ3v) is 22.7. The lowest BCUT2D eigenvalue weighted by molar-refractivity contribution is -0.438. The molecule has 2 aliphatic rings. The summed E-state index contributed by atoms with van der Waals surface area (Å²) in [6.45, 7) is 36.3. The van der Waals surface area contributed by atoms with E-state index in [1.165, 1.54) is 17.2 Å². The van der Waals surface area contributed by atoms with Crippen LogP contribution in [0.15, 0.2) is 88.3 Å². The number of fused-ring (bicyclic) bond motifs is 4. The highest BCUT2D eigenvalue weighted by atomic mass is 32.2. The van der Waals surface area contributed by atoms with Crippen LogP contribution < -0.4 is 10.2 Å². The number of amides is 1. The Kier molecular flexibility index (Phi) is 66.2. The zero-order chi connectivity index (χ0) is 95.0. The Labute approximate surface area is 785 Å². The Morgan fingerprint density at radius 2 is 0.788 bits per heavy atom. The van der Waals surface area contributed by atoms with Crippen LogP contribution >= 0.6 is 0 Å². The monoisotopic (exact) mass is 1920 g/mol. The Balaban J connectivity index is 0.739. The number of nitrogens with one attached hydrogen (secondary N) is 1. The van der Waals surface area contributed by atoms with Crippen LogP contribution in [-0.2, 0) is 154 Å². The molecule has 0 saturated carbocycles. The minimum absolute atomic E-state index is 0.0150. The maximum atomic E-state index is 12.9. The van der Waals surface area contributed by atoms with Gasteiger partial charge in [-0.25, -0.2) is 0 Å². The van der Waals surface area contributed by atoms with E-state index in [1.807, 2.05) is 24.3 Å². The molecule has 0 radical (unpaired) electrons. The molecule has 0 fully saturated rings. The predicted molar refractivity (Wildman–Crippen MR) is 500 cm³/mol. The molecule has 1 atom stereocenters. The first-order valence-electron chi connectivity index (χ1n) is 46.9. The molecule has 132 heavy (non-hydrogen) atoms. The first-order chi connectivity index (χ1) is 64.2. The summed E-state index contributed by atoms with van der Waals surface area (Å²) >= 11 is 0. The van der Waals surface area contributed by atoms with Crippen molar-refractivity contribution >= 4 is 59.8 Å². The number of benzene rings is 3. The second-order valence-electron chi connectivity index (χ2n) is 31.7. The van der Waals surface area contributed by atoms with Crippen molar-refractivity contribution in [1.82, 2.24) is 5.32 Å². The summed E-state index contributed by atoms with van der Waals surface area (Å²) < 4.78 is 206. The van der Waals surface area contributed by atoms with Crippen LogP contribution in [0.5, 0.6) is 0 Å². The highest BCUT2D eigenvalue weighted by molar-refractivity contribution is 7.86. The number of carbonyl (C=O) groups excluding carboxylic acids is 2. The van der Waals surface area contributed by atoms with E-state index in [0.717, 1.165) is 73.9 Å². The lowest BCUT2D eigenvalue weighted by Gasteiger charge is -2.31. The number of ether oxygens (including phenoxy) is 24. The standard InChI is InChI=1S/C95H157N3O32S2/c1-8-9-29-98-88-26-24-84-85(79-83(131(101,102)103)80-89(84)132(104,105)106)93(88)95(6,27-17-11-13-19-82(3)99)91(98)21-15-10-14-20-90-94(4,5)86-78-81(2)23-25-87(86)97(90)30-18-12-16-22-92(100)96-28-31-108-34-35-110-38-39-112-42-43-114-46-47-116-50-51-118-54-55-120-58-59-122-62-63-124-66-67-126-70-71-128-74-75-130-77-76-129-73-72-127-69-68-125-65-64-123-61-60-121-57-56-119-53-52-117-49-48-115-45-44-113-41-40-111-37-36-109-33-32-107-7/h10,14-15,20-21,23-26,78-80H,8-9,11-13,16-19,22,27-77H2,1-7H3,(H2-,96,100,101,102,103,104,105,106)/p+1. The maximum Gasteiger partial charge on any atom is 0.295 e. The largest absolute Gasteiger partial charge is 0.382 e. The molecule has 1 amide bonds. The van der Waals surface area contributed by atoms with Gasteiger partial charge in [0.1, 0.15) is 17.2 Å². The maximum absolute atomic E-state index is 12.9. The van der Waals surface area contributed by atoms with E-state index in [9.17, 15) is 35.5 Å². The summed E-state index contributed by atoms with van der Waals surface area (Å²) in [5, 5.41) is 3.41. The van der Waals surface area contributed by atoms with Crippen molar-refractivity contribution in [3.05, 3.63) is 95.2 Å². The van der Waals surface area contributed by atoms with E-state index in [1.54, 1.807) is 20.1 Å². The number of aryl methyl sites for hydroxylation is 1. The molecule has 0 bridgehead atoms. The third-order valence-electron chi connectivity index (χ3n) is 21.0. The van der Waals surface area contributed by atoms with Crippen molar-refractivity contribution in [2.24, 2.45) is 0 Å². The van der Waals surface area contributed by atoms with Gasteiger partial charge in [-0.3, -0.25) is 13.9 Å². The second-order valence-corrected chi connectivity index (χ2v) is 34.6. The van der Waals surface area contributed by atoms with Crippen LogP contribution in [0.1, 0.15) is 122 Å². The Hall–Kier alpha value is -5.39. The van der Waals surface area contributed by atoms with Crippen LogP contribution in [0.4, 0.5) is 11.4 Å². The van der Waals surface area contributed by atoms with Gasteiger partial charge in [-0.1, -0.05) is 62.1 Å². The van der Waals surface area contributed by atoms with E-state index in [2.05, 4.69) is 79.8 Å². The van der Waals surface area contributed by atoms with Gasteiger partial charge in [0.2, 0.25) is 11.6 Å². The fourth-order valence-electron chi connectivity index (χ4n) is 14.3. The molecule has 2 heterocycles. The van der Waals surface area contributed by atoms with Crippen LogP contribution in [0, 0.1) is 6.92 Å². The molecule has 5 rings (SSSR count). The van der Waals surface area contributed by atoms with E-state index >= 15 is 0 Å². The van der Waals surface area contributed by atoms with Crippen molar-refractivity contribution in [3.63, 3.8) is 0 Å². The van der Waals surface area contributed by atoms with Crippen molar-refractivity contribution in [2.45, 2.75) is 133 Å². The highest BCUT2D eigenvalue weighted by Gasteiger charge is 2.46. The highest BCUT2D eigenvalue weighted by Crippen LogP contribution is 2.54. The van der Waals surface area contributed by atoms with Gasteiger partial charge in [0.25, 0.3) is 20.2 Å². The van der Waals surface area contributed by atoms with Gasteiger partial charge in [-0.05, 0) is 108 Å². The first-order valence-corrected chi connectivity index (χ1v) is 49.8. The number of Topliss-reactive ketones (excluding diaryl/α,β-unsaturated/α-hetero) is 1. The minimum Gasteiger partial charge on any atom is -0.382 e. The molecule has 3 aromatic carbocycles. The number of hydrogen-bond acceptors (Lipinski definition) is 31. The normalized spacial score (nSPS) is 14.9. The predicted octanol–water partition coefficient (Wildman–Crippen LogP) is 9.84. The van der Waals surface area contributed by atoms with E-state index < -0.39 is 35.4 Å². The number of unbranched alkanes of at least 4 members (excludes halogenated alkanes) is 5. The Morgan fingerprint density at radius 1 is 0.417 bits per heavy atom. The molecule has 3 aromatic rings. The first kappa shape index (κ1) is 117. The average Bonchev–Trinajstić information content (AvgIpc) is 1.54. The molecular formula is C95H158N3O32S2+. The summed E-state index contributed by atoms with van der Waals surface area (Å²) in [5.74, 6) is 0.0926. The van der Waals surface area contributed by atoms with Gasteiger partial charge in [0, 0.05) is 79.4 Å². The number of allylic oxidation sites excluding steroid dienone is 6. The van der Waals surface area contributed by atoms with Gasteiger partial charge in [-0.15, -0.1) is 0 Å². The molecular weight excluding hydrogens is 1760 g/mol. The van der Waals surface area contributed by atoms with Crippen molar-refractivity contribution < 1.29 is 154 Å². The molecule has 0 spiro atoms. The van der Waals surface area contributed by atoms with Crippen molar-refractivity contribution in [1.29, 1.82) is 0 Å². The zero-order valence-corrected chi connectivity index (χ0v) is 81.5. The van der Waals surface area contributed by atoms with E-state index in [0.29, 0.717) is 367 Å². The lowest BCUT2D eigenvalue weighted by Crippen LogP contribution is -2.29. The Bertz CT molecular complexity index is 3870. The van der Waals surface area contributed by atoms with Gasteiger partial charge < -0.3 is 129 Å². The number of anilines is 1. The minimum atomic E-state index is -4.93. The number of ketones is 1. The fraction of sp³-hybridized carbons (Fsp3) is 0.737. The molecule has 0 aromatic heterocycles. The summed E-state index contributed by atoms with van der Waals surface area (Å²) in [6, 6.07) is 12.1. The van der Waals surface area contributed by atoms with Crippen LogP contribution in [-0.4, -0.2) is 385 Å². The van der Waals surface area contributed by atoms with Gasteiger partial charge in [-0.2, -0.15) is 21.4 Å². The van der Waals surface area contributed by atoms with Crippen LogP contribution in [0.2, 0.25) is 0 Å². The SMILES string of the molecule is CCCCN1C(=CC=CC=CC2=[N+](CCCCCC(=O)NCCOCCOCCOCCOCCOCCOCCOCCOCCOCCOCCOCCOCCOCCOCCOCCOCCOCCOCCOCCOCCOCCOCCOCCOC)c3ccc(C)cc3C2(C)C)C(C)(CCCCCC(C)=O)c2c1ccc1c(S(=O)(=O)O)cc(S(=O)(=O)O)cc21. The van der Waals surface area contributed by atoms with Crippen LogP contribution in [0.3, 0.4) is 0 Å². The molecule has 37 heteroatoms. The number of nitrogens with zero attached hydrogens (tertiary/aromatic N) is 2. The molecule has 3 N–H and O–H groups in total. The molecule has 0 aliphatic carbocycles. The quantitative estimate of drug-likeness (QED) is 0.0205. The third kappa shape index (κ3) is 51.9. The number of rotatable bonds is 92. The topological polar surface area (TPSA) is 383 Å². The molecule has 2 aliphatic heterocycles. The van der Waals surface area contributed by atoms with Crippen molar-refractivity contribution in [2.75, 3.05) is 342 Å². The second kappa shape index (κ2) is 74.7.